The first kappa shape index (κ1) is 16.3. The molecule has 2 aromatic rings. The Hall–Kier alpha value is -2.05. The monoisotopic (exact) mass is 337 g/mol. The molecule has 0 saturated carbocycles. The Kier molecular flexibility index (Phi) is 5.80. The van der Waals surface area contributed by atoms with Crippen LogP contribution in [-0.2, 0) is 11.3 Å². The zero-order chi connectivity index (χ0) is 15.9. The summed E-state index contributed by atoms with van der Waals surface area (Å²) >= 11 is 7.69. The Morgan fingerprint density at radius 1 is 1.23 bits per heavy atom. The van der Waals surface area contributed by atoms with Gasteiger partial charge < -0.3 is 16.4 Å². The average molecular weight is 338 g/mol. The highest BCUT2D eigenvalue weighted by molar-refractivity contribution is 7.09. The van der Waals surface area contributed by atoms with Gasteiger partial charge in [-0.1, -0.05) is 35.9 Å². The lowest BCUT2D eigenvalue weighted by Crippen LogP contribution is -2.36. The predicted octanol–water partition coefficient (Wildman–Crippen LogP) is 2.82. The highest BCUT2D eigenvalue weighted by Crippen LogP contribution is 2.25. The van der Waals surface area contributed by atoms with E-state index in [9.17, 15) is 9.59 Å². The second-order valence-corrected chi connectivity index (χ2v) is 6.08. The number of urea groups is 1. The number of thiophene rings is 1. The molecule has 0 saturated heterocycles. The third kappa shape index (κ3) is 4.75. The zero-order valence-electron chi connectivity index (χ0n) is 11.7. The summed E-state index contributed by atoms with van der Waals surface area (Å²) in [4.78, 5) is 24.3. The van der Waals surface area contributed by atoms with Crippen molar-refractivity contribution in [2.75, 3.05) is 0 Å². The summed E-state index contributed by atoms with van der Waals surface area (Å²) in [6.07, 6.45) is 0.0675. The fourth-order valence-electron chi connectivity index (χ4n) is 2.02. The van der Waals surface area contributed by atoms with E-state index in [0.29, 0.717) is 17.1 Å². The molecule has 0 aliphatic carbocycles. The third-order valence-corrected chi connectivity index (χ3v) is 4.25. The van der Waals surface area contributed by atoms with E-state index >= 15 is 0 Å². The second-order valence-electron chi connectivity index (χ2n) is 4.64. The molecule has 1 aromatic carbocycles. The van der Waals surface area contributed by atoms with Gasteiger partial charge in [-0.05, 0) is 23.1 Å². The molecule has 22 heavy (non-hydrogen) atoms. The standard InChI is InChI=1S/C15H16ClN3O2S/c16-12-6-2-1-5-11(12)13(19-15(17)21)8-14(20)18-9-10-4-3-7-22-10/h1-7,13H,8-9H2,(H,18,20)(H3,17,19,21)/t13-/m1/s1. The molecule has 4 N–H and O–H groups in total. The quantitative estimate of drug-likeness (QED) is 0.757. The molecule has 0 fully saturated rings. The molecule has 1 aromatic heterocycles. The van der Waals surface area contributed by atoms with Crippen LogP contribution in [0.4, 0.5) is 4.79 Å². The molecule has 7 heteroatoms. The minimum Gasteiger partial charge on any atom is -0.352 e. The number of nitrogens with two attached hydrogens (primary N) is 1. The van der Waals surface area contributed by atoms with Crippen LogP contribution in [0.3, 0.4) is 0 Å². The largest absolute Gasteiger partial charge is 0.352 e. The Labute approximate surface area is 137 Å². The summed E-state index contributed by atoms with van der Waals surface area (Å²) in [7, 11) is 0. The fraction of sp³-hybridized carbons (Fsp3) is 0.200. The molecule has 2 rings (SSSR count). The smallest absolute Gasteiger partial charge is 0.312 e. The highest BCUT2D eigenvalue weighted by Gasteiger charge is 2.19. The first-order valence-electron chi connectivity index (χ1n) is 6.65. The van der Waals surface area contributed by atoms with Gasteiger partial charge in [0.1, 0.15) is 0 Å². The molecule has 0 radical (unpaired) electrons. The number of halogens is 1. The number of primary amides is 1. The van der Waals surface area contributed by atoms with Crippen molar-refractivity contribution in [1.82, 2.24) is 10.6 Å². The van der Waals surface area contributed by atoms with Gasteiger partial charge in [-0.25, -0.2) is 4.79 Å². The van der Waals surface area contributed by atoms with E-state index in [4.69, 9.17) is 17.3 Å². The number of hydrogen-bond acceptors (Lipinski definition) is 3. The minimum atomic E-state index is -0.698. The van der Waals surface area contributed by atoms with Crippen LogP contribution < -0.4 is 16.4 Å². The Balaban J connectivity index is 2.01. The van der Waals surface area contributed by atoms with Crippen LogP contribution in [-0.4, -0.2) is 11.9 Å². The zero-order valence-corrected chi connectivity index (χ0v) is 13.3. The summed E-state index contributed by atoms with van der Waals surface area (Å²) in [5.41, 5.74) is 5.85. The van der Waals surface area contributed by atoms with Gasteiger partial charge in [-0.3, -0.25) is 4.79 Å². The Bertz CT molecular complexity index is 646. The van der Waals surface area contributed by atoms with Crippen molar-refractivity contribution >= 4 is 34.9 Å². The van der Waals surface area contributed by atoms with E-state index in [-0.39, 0.29) is 12.3 Å². The van der Waals surface area contributed by atoms with Gasteiger partial charge in [-0.2, -0.15) is 0 Å². The number of carbonyl (C=O) groups excluding carboxylic acids is 2. The van der Waals surface area contributed by atoms with E-state index in [2.05, 4.69) is 10.6 Å². The molecule has 3 amide bonds. The van der Waals surface area contributed by atoms with Gasteiger partial charge in [0.05, 0.1) is 19.0 Å². The molecule has 0 aliphatic heterocycles. The average Bonchev–Trinajstić information content (AvgIpc) is 2.98. The topological polar surface area (TPSA) is 84.2 Å². The molecule has 0 aliphatic rings. The number of rotatable bonds is 6. The van der Waals surface area contributed by atoms with Crippen molar-refractivity contribution in [2.24, 2.45) is 5.73 Å². The minimum absolute atomic E-state index is 0.0675. The van der Waals surface area contributed by atoms with E-state index in [1.807, 2.05) is 17.5 Å². The molecule has 116 valence electrons. The van der Waals surface area contributed by atoms with Crippen LogP contribution in [0, 0.1) is 0 Å². The molecule has 1 atom stereocenters. The lowest BCUT2D eigenvalue weighted by molar-refractivity contribution is -0.121. The number of hydrogen-bond donors (Lipinski definition) is 3. The maximum absolute atomic E-state index is 12.1. The maximum Gasteiger partial charge on any atom is 0.312 e. The molecular weight excluding hydrogens is 322 g/mol. The van der Waals surface area contributed by atoms with E-state index in [1.54, 1.807) is 35.6 Å². The first-order chi connectivity index (χ1) is 10.6. The summed E-state index contributed by atoms with van der Waals surface area (Å²) < 4.78 is 0. The summed E-state index contributed by atoms with van der Waals surface area (Å²) in [5, 5.41) is 7.80. The summed E-state index contributed by atoms with van der Waals surface area (Å²) in [6, 6.07) is 9.65. The fourth-order valence-corrected chi connectivity index (χ4v) is 2.94. The Morgan fingerprint density at radius 3 is 2.64 bits per heavy atom. The third-order valence-electron chi connectivity index (χ3n) is 3.03. The normalized spacial score (nSPS) is 11.7. The van der Waals surface area contributed by atoms with Crippen molar-refractivity contribution in [3.05, 3.63) is 57.2 Å². The lowest BCUT2D eigenvalue weighted by atomic mass is 10.0. The van der Waals surface area contributed by atoms with Crippen LogP contribution in [0.25, 0.3) is 0 Å². The van der Waals surface area contributed by atoms with Crippen molar-refractivity contribution < 1.29 is 9.59 Å². The SMILES string of the molecule is NC(=O)N[C@H](CC(=O)NCc1cccs1)c1ccccc1Cl. The van der Waals surface area contributed by atoms with Gasteiger partial charge in [0.2, 0.25) is 5.91 Å². The number of benzene rings is 1. The first-order valence-corrected chi connectivity index (χ1v) is 7.91. The van der Waals surface area contributed by atoms with Crippen LogP contribution in [0.1, 0.15) is 22.9 Å². The van der Waals surface area contributed by atoms with Crippen LogP contribution in [0.15, 0.2) is 41.8 Å². The highest BCUT2D eigenvalue weighted by atomic mass is 35.5. The van der Waals surface area contributed by atoms with Gasteiger partial charge in [0, 0.05) is 9.90 Å². The molecule has 0 spiro atoms. The molecular formula is C15H16ClN3O2S. The van der Waals surface area contributed by atoms with Crippen LogP contribution in [0.2, 0.25) is 5.02 Å². The van der Waals surface area contributed by atoms with Gasteiger partial charge in [0.15, 0.2) is 0 Å². The number of carbonyl (C=O) groups is 2. The predicted molar refractivity (Wildman–Crippen MR) is 87.7 cm³/mol. The van der Waals surface area contributed by atoms with E-state index < -0.39 is 12.1 Å². The molecule has 0 unspecified atom stereocenters. The van der Waals surface area contributed by atoms with Crippen molar-refractivity contribution in [3.8, 4) is 0 Å². The lowest BCUT2D eigenvalue weighted by Gasteiger charge is -2.18. The molecule has 0 bridgehead atoms. The maximum atomic E-state index is 12.1. The second kappa shape index (κ2) is 7.82. The van der Waals surface area contributed by atoms with Crippen molar-refractivity contribution in [1.29, 1.82) is 0 Å². The van der Waals surface area contributed by atoms with Gasteiger partial charge in [0.25, 0.3) is 0 Å². The number of nitrogens with one attached hydrogen (secondary N) is 2. The van der Waals surface area contributed by atoms with Crippen molar-refractivity contribution in [3.63, 3.8) is 0 Å². The van der Waals surface area contributed by atoms with E-state index in [1.165, 1.54) is 0 Å². The summed E-state index contributed by atoms with van der Waals surface area (Å²) in [5.74, 6) is -0.188. The number of amides is 3. The van der Waals surface area contributed by atoms with Crippen LogP contribution >= 0.6 is 22.9 Å². The van der Waals surface area contributed by atoms with Crippen LogP contribution in [0.5, 0.6) is 0 Å². The van der Waals surface area contributed by atoms with Gasteiger partial charge >= 0.3 is 6.03 Å². The molecule has 5 nitrogen and oxygen atoms in total. The van der Waals surface area contributed by atoms with Gasteiger partial charge in [-0.15, -0.1) is 11.3 Å². The van der Waals surface area contributed by atoms with E-state index in [0.717, 1.165) is 4.88 Å². The Morgan fingerprint density at radius 2 is 2.00 bits per heavy atom. The molecule has 1 heterocycles. The van der Waals surface area contributed by atoms with Crippen molar-refractivity contribution in [2.45, 2.75) is 19.0 Å². The summed E-state index contributed by atoms with van der Waals surface area (Å²) in [6.45, 7) is 0.461.